The zero-order valence-electron chi connectivity index (χ0n) is 9.49. The molecule has 86 valence electrons. The van der Waals surface area contributed by atoms with Crippen LogP contribution in [0.25, 0.3) is 0 Å². The van der Waals surface area contributed by atoms with Gasteiger partial charge in [0.05, 0.1) is 6.61 Å². The number of benzene rings is 1. The molecule has 2 nitrogen and oxygen atoms in total. The quantitative estimate of drug-likeness (QED) is 0.735. The van der Waals surface area contributed by atoms with E-state index in [9.17, 15) is 4.79 Å². The normalized spacial score (nSPS) is 13.9. The molecule has 3 heteroatoms. The second-order valence-corrected chi connectivity index (χ2v) is 4.92. The molecular weight excluding hydrogens is 220 g/mol. The van der Waals surface area contributed by atoms with E-state index in [0.29, 0.717) is 6.42 Å². The van der Waals surface area contributed by atoms with Gasteiger partial charge in [-0.1, -0.05) is 0 Å². The van der Waals surface area contributed by atoms with Crippen molar-refractivity contribution in [2.75, 3.05) is 18.6 Å². The highest BCUT2D eigenvalue weighted by Gasteiger charge is 2.19. The Morgan fingerprint density at radius 1 is 1.38 bits per heavy atom. The van der Waals surface area contributed by atoms with Crippen molar-refractivity contribution in [1.82, 2.24) is 0 Å². The van der Waals surface area contributed by atoms with Crippen molar-refractivity contribution in [3.05, 3.63) is 29.3 Å². The lowest BCUT2D eigenvalue weighted by atomic mass is 10.1. The molecule has 1 aromatic carbocycles. The second-order valence-electron chi connectivity index (χ2n) is 3.94. The van der Waals surface area contributed by atoms with E-state index in [1.807, 2.05) is 30.0 Å². The number of aryl methyl sites for hydroxylation is 1. The molecule has 0 saturated carbocycles. The lowest BCUT2D eigenvalue weighted by Crippen LogP contribution is -1.99. The van der Waals surface area contributed by atoms with Crippen LogP contribution in [0.15, 0.2) is 18.2 Å². The molecule has 2 rings (SSSR count). The molecule has 0 aromatic heterocycles. The van der Waals surface area contributed by atoms with E-state index < -0.39 is 0 Å². The Morgan fingerprint density at radius 2 is 2.25 bits per heavy atom. The Bertz CT molecular complexity index is 388. The zero-order valence-corrected chi connectivity index (χ0v) is 10.3. The minimum absolute atomic E-state index is 0.268. The number of ether oxygens (including phenoxy) is 1. The van der Waals surface area contributed by atoms with Gasteiger partial charge in [0.15, 0.2) is 5.78 Å². The van der Waals surface area contributed by atoms with Gasteiger partial charge in [0.25, 0.3) is 0 Å². The fraction of sp³-hybridized carbons (Fsp3) is 0.462. The van der Waals surface area contributed by atoms with Gasteiger partial charge in [-0.3, -0.25) is 4.79 Å². The van der Waals surface area contributed by atoms with Gasteiger partial charge in [0, 0.05) is 12.0 Å². The molecule has 0 atom stereocenters. The Kier molecular flexibility index (Phi) is 3.88. The van der Waals surface area contributed by atoms with Crippen molar-refractivity contribution in [1.29, 1.82) is 0 Å². The van der Waals surface area contributed by atoms with Crippen LogP contribution in [0.4, 0.5) is 0 Å². The van der Waals surface area contributed by atoms with Gasteiger partial charge in [-0.25, -0.2) is 0 Å². The first-order valence-electron chi connectivity index (χ1n) is 5.59. The van der Waals surface area contributed by atoms with Crippen LogP contribution in [0.1, 0.15) is 28.8 Å². The predicted octanol–water partition coefficient (Wildman–Crippen LogP) is 2.95. The Morgan fingerprint density at radius 3 is 3.06 bits per heavy atom. The molecule has 16 heavy (non-hydrogen) atoms. The third kappa shape index (κ3) is 2.59. The molecule has 0 N–H and O–H groups in total. The largest absolute Gasteiger partial charge is 0.494 e. The van der Waals surface area contributed by atoms with Crippen LogP contribution in [0, 0.1) is 0 Å². The highest BCUT2D eigenvalue weighted by atomic mass is 32.2. The number of carbonyl (C=O) groups is 1. The summed E-state index contributed by atoms with van der Waals surface area (Å²) >= 11 is 1.83. The standard InChI is InChI=1S/C13H16O2S/c1-16-8-2-7-15-11-4-5-12-10(9-11)3-6-13(12)14/h4-5,9H,2-3,6-8H2,1H3. The molecule has 1 aliphatic rings. The SMILES string of the molecule is CSCCCOc1ccc2c(c1)CCC2=O. The van der Waals surface area contributed by atoms with Gasteiger partial charge in [0.1, 0.15) is 5.75 Å². The highest BCUT2D eigenvalue weighted by molar-refractivity contribution is 7.98. The summed E-state index contributed by atoms with van der Waals surface area (Å²) < 4.78 is 5.64. The second kappa shape index (κ2) is 5.39. The highest BCUT2D eigenvalue weighted by Crippen LogP contribution is 2.26. The van der Waals surface area contributed by atoms with E-state index in [0.717, 1.165) is 42.1 Å². The summed E-state index contributed by atoms with van der Waals surface area (Å²) in [6.45, 7) is 0.758. The number of hydrogen-bond acceptors (Lipinski definition) is 3. The van der Waals surface area contributed by atoms with Crippen molar-refractivity contribution in [2.24, 2.45) is 0 Å². The maximum absolute atomic E-state index is 11.4. The number of thioether (sulfide) groups is 1. The lowest BCUT2D eigenvalue weighted by Gasteiger charge is -2.07. The minimum atomic E-state index is 0.268. The molecule has 0 bridgehead atoms. The Labute approximate surface area is 100 Å². The maximum Gasteiger partial charge on any atom is 0.163 e. The minimum Gasteiger partial charge on any atom is -0.494 e. The van der Waals surface area contributed by atoms with Crippen LogP contribution >= 0.6 is 11.8 Å². The van der Waals surface area contributed by atoms with Crippen LogP contribution in [0.5, 0.6) is 5.75 Å². The number of fused-ring (bicyclic) bond motifs is 1. The van der Waals surface area contributed by atoms with Gasteiger partial charge in [-0.2, -0.15) is 11.8 Å². The van der Waals surface area contributed by atoms with Gasteiger partial charge in [-0.15, -0.1) is 0 Å². The number of ketones is 1. The van der Waals surface area contributed by atoms with E-state index >= 15 is 0 Å². The van der Waals surface area contributed by atoms with Crippen LogP contribution < -0.4 is 4.74 Å². The number of Topliss-reactive ketones (excluding diaryl/α,β-unsaturated/α-hetero) is 1. The lowest BCUT2D eigenvalue weighted by molar-refractivity contribution is 0.0994. The van der Waals surface area contributed by atoms with E-state index in [1.165, 1.54) is 0 Å². The molecule has 0 amide bonds. The van der Waals surface area contributed by atoms with Crippen LogP contribution in [0.3, 0.4) is 0 Å². The van der Waals surface area contributed by atoms with Crippen LogP contribution in [-0.4, -0.2) is 24.4 Å². The summed E-state index contributed by atoms with van der Waals surface area (Å²) in [5, 5.41) is 0. The third-order valence-corrected chi connectivity index (χ3v) is 3.46. The summed E-state index contributed by atoms with van der Waals surface area (Å²) in [6, 6.07) is 5.81. The van der Waals surface area contributed by atoms with E-state index in [-0.39, 0.29) is 5.78 Å². The van der Waals surface area contributed by atoms with E-state index in [4.69, 9.17) is 4.74 Å². The molecule has 0 heterocycles. The Hall–Kier alpha value is -0.960. The van der Waals surface area contributed by atoms with Crippen LogP contribution in [-0.2, 0) is 6.42 Å². The first kappa shape index (κ1) is 11.5. The summed E-state index contributed by atoms with van der Waals surface area (Å²) in [4.78, 5) is 11.4. The molecule has 1 aromatic rings. The molecule has 0 fully saturated rings. The first-order chi connectivity index (χ1) is 7.81. The molecule has 0 unspecified atom stereocenters. The molecule has 0 radical (unpaired) electrons. The molecule has 1 aliphatic carbocycles. The van der Waals surface area contributed by atoms with Crippen molar-refractivity contribution in [2.45, 2.75) is 19.3 Å². The monoisotopic (exact) mass is 236 g/mol. The number of carbonyl (C=O) groups excluding carboxylic acids is 1. The van der Waals surface area contributed by atoms with Crippen molar-refractivity contribution in [3.63, 3.8) is 0 Å². The smallest absolute Gasteiger partial charge is 0.163 e. The van der Waals surface area contributed by atoms with Gasteiger partial charge >= 0.3 is 0 Å². The third-order valence-electron chi connectivity index (χ3n) is 2.76. The summed E-state index contributed by atoms with van der Waals surface area (Å²) in [7, 11) is 0. The average Bonchev–Trinajstić information content (AvgIpc) is 2.66. The topological polar surface area (TPSA) is 26.3 Å². The fourth-order valence-corrected chi connectivity index (χ4v) is 2.32. The van der Waals surface area contributed by atoms with E-state index in [2.05, 4.69) is 6.26 Å². The Balaban J connectivity index is 1.94. The van der Waals surface area contributed by atoms with Crippen molar-refractivity contribution >= 4 is 17.5 Å². The number of rotatable bonds is 5. The maximum atomic E-state index is 11.4. The average molecular weight is 236 g/mol. The molecule has 0 aliphatic heterocycles. The number of hydrogen-bond donors (Lipinski definition) is 0. The summed E-state index contributed by atoms with van der Waals surface area (Å²) in [5.41, 5.74) is 2.03. The van der Waals surface area contributed by atoms with Crippen molar-refractivity contribution < 1.29 is 9.53 Å². The summed E-state index contributed by atoms with van der Waals surface area (Å²) in [6.07, 6.45) is 4.69. The molecule has 0 saturated heterocycles. The van der Waals surface area contributed by atoms with Gasteiger partial charge in [0.2, 0.25) is 0 Å². The van der Waals surface area contributed by atoms with Crippen LogP contribution in [0.2, 0.25) is 0 Å². The zero-order chi connectivity index (χ0) is 11.4. The summed E-state index contributed by atoms with van der Waals surface area (Å²) in [5.74, 6) is 2.29. The predicted molar refractivity (Wildman–Crippen MR) is 67.6 cm³/mol. The van der Waals surface area contributed by atoms with E-state index in [1.54, 1.807) is 0 Å². The molecular formula is C13H16O2S. The van der Waals surface area contributed by atoms with Gasteiger partial charge in [-0.05, 0) is 48.6 Å². The van der Waals surface area contributed by atoms with Crippen molar-refractivity contribution in [3.8, 4) is 5.75 Å². The molecule has 0 spiro atoms. The fourth-order valence-electron chi connectivity index (χ4n) is 1.91. The van der Waals surface area contributed by atoms with Gasteiger partial charge < -0.3 is 4.74 Å². The first-order valence-corrected chi connectivity index (χ1v) is 6.98.